The number of aliphatic carboxylic acids is 1. The van der Waals surface area contributed by atoms with Gasteiger partial charge in [0.1, 0.15) is 0 Å². The van der Waals surface area contributed by atoms with E-state index in [-0.39, 0.29) is 38.5 Å². The molecule has 1 heterocycles. The Bertz CT molecular complexity index is 772. The molecule has 0 spiro atoms. The van der Waals surface area contributed by atoms with E-state index >= 15 is 0 Å². The summed E-state index contributed by atoms with van der Waals surface area (Å²) in [6.45, 7) is -0.198. The first-order valence-corrected chi connectivity index (χ1v) is 9.53. The standard InChI is InChI=1S/C16H20N2O7S/c1-17(7-6-14(19)20)26(23,24)11-10-25-9-8-18-15(21)12-4-2-3-5-13(12)16(18)22/h2-5H,6-11H2,1H3,(H,19,20). The first-order valence-electron chi connectivity index (χ1n) is 7.93. The van der Waals surface area contributed by atoms with Crippen molar-refractivity contribution in [3.8, 4) is 0 Å². The molecule has 0 aliphatic carbocycles. The van der Waals surface area contributed by atoms with E-state index in [9.17, 15) is 22.8 Å². The van der Waals surface area contributed by atoms with Crippen LogP contribution in [0.4, 0.5) is 0 Å². The summed E-state index contributed by atoms with van der Waals surface area (Å²) in [6, 6.07) is 6.51. The van der Waals surface area contributed by atoms with E-state index in [1.165, 1.54) is 7.05 Å². The molecule has 0 fully saturated rings. The minimum absolute atomic E-state index is 0.0137. The van der Waals surface area contributed by atoms with Gasteiger partial charge in [-0.2, -0.15) is 0 Å². The topological polar surface area (TPSA) is 121 Å². The molecular formula is C16H20N2O7S. The second-order valence-corrected chi connectivity index (χ2v) is 7.90. The molecule has 1 N–H and O–H groups in total. The molecule has 2 amide bonds. The molecule has 1 aliphatic heterocycles. The fraction of sp³-hybridized carbons (Fsp3) is 0.438. The number of carboxylic acids is 1. The number of carbonyl (C=O) groups is 3. The van der Waals surface area contributed by atoms with Crippen molar-refractivity contribution in [2.75, 3.05) is 39.1 Å². The number of imide groups is 1. The highest BCUT2D eigenvalue weighted by molar-refractivity contribution is 7.89. The molecule has 0 atom stereocenters. The summed E-state index contributed by atoms with van der Waals surface area (Å²) in [6.07, 6.45) is -0.281. The number of sulfonamides is 1. The predicted octanol–water partition coefficient (Wildman–Crippen LogP) is 0.0355. The van der Waals surface area contributed by atoms with Gasteiger partial charge < -0.3 is 9.84 Å². The van der Waals surface area contributed by atoms with Crippen LogP contribution >= 0.6 is 0 Å². The zero-order valence-corrected chi connectivity index (χ0v) is 15.1. The molecule has 0 aromatic heterocycles. The van der Waals surface area contributed by atoms with E-state index in [1.54, 1.807) is 24.3 Å². The van der Waals surface area contributed by atoms with E-state index < -0.39 is 27.8 Å². The van der Waals surface area contributed by atoms with Gasteiger partial charge in [-0.05, 0) is 12.1 Å². The van der Waals surface area contributed by atoms with Crippen LogP contribution in [0.25, 0.3) is 0 Å². The quantitative estimate of drug-likeness (QED) is 0.446. The second-order valence-electron chi connectivity index (χ2n) is 5.70. The van der Waals surface area contributed by atoms with Gasteiger partial charge in [0.15, 0.2) is 0 Å². The lowest BCUT2D eigenvalue weighted by atomic mass is 10.1. The monoisotopic (exact) mass is 384 g/mol. The van der Waals surface area contributed by atoms with Crippen LogP contribution in [-0.2, 0) is 19.6 Å². The summed E-state index contributed by atoms with van der Waals surface area (Å²) in [7, 11) is -2.32. The highest BCUT2D eigenvalue weighted by atomic mass is 32.2. The number of nitrogens with zero attached hydrogens (tertiary/aromatic N) is 2. The summed E-state index contributed by atoms with van der Waals surface area (Å²) in [5.41, 5.74) is 0.695. The minimum atomic E-state index is -3.62. The number of ether oxygens (including phenoxy) is 1. The maximum absolute atomic E-state index is 12.1. The summed E-state index contributed by atoms with van der Waals surface area (Å²) in [4.78, 5) is 35.8. The van der Waals surface area contributed by atoms with Gasteiger partial charge in [-0.25, -0.2) is 12.7 Å². The smallest absolute Gasteiger partial charge is 0.304 e. The van der Waals surface area contributed by atoms with E-state index in [4.69, 9.17) is 9.84 Å². The molecule has 0 bridgehead atoms. The Hall–Kier alpha value is -2.30. The normalized spacial score (nSPS) is 14.2. The van der Waals surface area contributed by atoms with Crippen molar-refractivity contribution >= 4 is 27.8 Å². The van der Waals surface area contributed by atoms with Crippen molar-refractivity contribution in [1.29, 1.82) is 0 Å². The summed E-state index contributed by atoms with van der Waals surface area (Å²) < 4.78 is 30.1. The van der Waals surface area contributed by atoms with E-state index in [2.05, 4.69) is 0 Å². The lowest BCUT2D eigenvalue weighted by molar-refractivity contribution is -0.137. The van der Waals surface area contributed by atoms with Crippen molar-refractivity contribution in [2.24, 2.45) is 0 Å². The highest BCUT2D eigenvalue weighted by Gasteiger charge is 2.34. The maximum atomic E-state index is 12.1. The zero-order valence-electron chi connectivity index (χ0n) is 14.3. The number of benzene rings is 1. The summed E-state index contributed by atoms with van der Waals surface area (Å²) in [5.74, 6) is -2.18. The number of carboxylic acid groups (broad SMARTS) is 1. The Morgan fingerprint density at radius 2 is 1.73 bits per heavy atom. The van der Waals surface area contributed by atoms with Crippen molar-refractivity contribution < 1.29 is 32.6 Å². The summed E-state index contributed by atoms with van der Waals surface area (Å²) in [5, 5.41) is 8.58. The molecule has 0 radical (unpaired) electrons. The molecule has 142 valence electrons. The third kappa shape index (κ3) is 4.65. The average molecular weight is 384 g/mol. The van der Waals surface area contributed by atoms with Crippen molar-refractivity contribution in [3.05, 3.63) is 35.4 Å². The van der Waals surface area contributed by atoms with Gasteiger partial charge in [-0.1, -0.05) is 12.1 Å². The van der Waals surface area contributed by atoms with Crippen molar-refractivity contribution in [2.45, 2.75) is 6.42 Å². The van der Waals surface area contributed by atoms with Crippen LogP contribution in [0.1, 0.15) is 27.1 Å². The largest absolute Gasteiger partial charge is 0.481 e. The average Bonchev–Trinajstić information content (AvgIpc) is 2.84. The molecule has 9 nitrogen and oxygen atoms in total. The molecule has 1 aromatic carbocycles. The van der Waals surface area contributed by atoms with E-state index in [0.717, 1.165) is 9.21 Å². The van der Waals surface area contributed by atoms with Crippen LogP contribution in [-0.4, -0.2) is 79.6 Å². The molecule has 26 heavy (non-hydrogen) atoms. The number of hydrogen-bond acceptors (Lipinski definition) is 6. The zero-order chi connectivity index (χ0) is 19.3. The van der Waals surface area contributed by atoms with Crippen LogP contribution < -0.4 is 0 Å². The number of carbonyl (C=O) groups excluding carboxylic acids is 2. The van der Waals surface area contributed by atoms with Crippen LogP contribution in [0.2, 0.25) is 0 Å². The third-order valence-electron chi connectivity index (χ3n) is 3.94. The fourth-order valence-electron chi connectivity index (χ4n) is 2.41. The molecule has 0 unspecified atom stereocenters. The van der Waals surface area contributed by atoms with E-state index in [1.807, 2.05) is 0 Å². The van der Waals surface area contributed by atoms with Gasteiger partial charge in [-0.15, -0.1) is 0 Å². The number of fused-ring (bicyclic) bond motifs is 1. The van der Waals surface area contributed by atoms with Gasteiger partial charge in [0.05, 0.1) is 43.1 Å². The van der Waals surface area contributed by atoms with Crippen molar-refractivity contribution in [3.63, 3.8) is 0 Å². The maximum Gasteiger partial charge on any atom is 0.304 e. The Labute approximate surface area is 151 Å². The van der Waals surface area contributed by atoms with Crippen LogP contribution in [0.5, 0.6) is 0 Å². The lowest BCUT2D eigenvalue weighted by Crippen LogP contribution is -2.34. The predicted molar refractivity (Wildman–Crippen MR) is 91.3 cm³/mol. The first-order chi connectivity index (χ1) is 12.2. The Balaban J connectivity index is 1.75. The number of amides is 2. The minimum Gasteiger partial charge on any atom is -0.481 e. The third-order valence-corrected chi connectivity index (χ3v) is 5.75. The Kier molecular flexibility index (Phi) is 6.46. The molecular weight excluding hydrogens is 364 g/mol. The van der Waals surface area contributed by atoms with Gasteiger partial charge >= 0.3 is 5.97 Å². The molecule has 1 aromatic rings. The Morgan fingerprint density at radius 3 is 2.27 bits per heavy atom. The first kappa shape index (κ1) is 20.0. The van der Waals surface area contributed by atoms with E-state index in [0.29, 0.717) is 11.1 Å². The summed E-state index contributed by atoms with van der Waals surface area (Å²) >= 11 is 0. The molecule has 0 saturated heterocycles. The number of hydrogen-bond donors (Lipinski definition) is 1. The highest BCUT2D eigenvalue weighted by Crippen LogP contribution is 2.21. The lowest BCUT2D eigenvalue weighted by Gasteiger charge is -2.17. The van der Waals surface area contributed by atoms with Gasteiger partial charge in [-0.3, -0.25) is 19.3 Å². The fourth-order valence-corrected chi connectivity index (χ4v) is 3.42. The molecule has 0 saturated carbocycles. The van der Waals surface area contributed by atoms with Crippen LogP contribution in [0, 0.1) is 0 Å². The van der Waals surface area contributed by atoms with Crippen molar-refractivity contribution in [1.82, 2.24) is 9.21 Å². The van der Waals surface area contributed by atoms with Gasteiger partial charge in [0.25, 0.3) is 11.8 Å². The van der Waals surface area contributed by atoms with Crippen LogP contribution in [0.15, 0.2) is 24.3 Å². The van der Waals surface area contributed by atoms with Gasteiger partial charge in [0.2, 0.25) is 10.0 Å². The molecule has 10 heteroatoms. The molecule has 2 rings (SSSR count). The molecule has 1 aliphatic rings. The SMILES string of the molecule is CN(CCC(=O)O)S(=O)(=O)CCOCCN1C(=O)c2ccccc2C1=O. The van der Waals surface area contributed by atoms with Crippen LogP contribution in [0.3, 0.4) is 0 Å². The second kappa shape index (κ2) is 8.39. The Morgan fingerprint density at radius 1 is 1.15 bits per heavy atom. The number of rotatable bonds is 10. The van der Waals surface area contributed by atoms with Gasteiger partial charge in [0, 0.05) is 13.6 Å².